The molecule has 1 aliphatic heterocycles. The van der Waals surface area contributed by atoms with Crippen molar-refractivity contribution in [3.63, 3.8) is 0 Å². The molecule has 1 fully saturated rings. The molecule has 1 saturated heterocycles. The molecule has 0 aliphatic carbocycles. The molecule has 1 aromatic rings. The number of benzene rings is 1. The lowest BCUT2D eigenvalue weighted by Crippen LogP contribution is -2.16. The molecule has 0 spiro atoms. The second kappa shape index (κ2) is 4.06. The van der Waals surface area contributed by atoms with Gasteiger partial charge in [0.2, 0.25) is 0 Å². The van der Waals surface area contributed by atoms with E-state index in [4.69, 9.17) is 19.6 Å². The fraction of sp³-hybridized carbons (Fsp3) is 0.250. The smallest absolute Gasteiger partial charge is 0.360 e. The maximum absolute atomic E-state index is 11.2. The minimum Gasteiger partial charge on any atom is -0.505 e. The second-order valence-electron chi connectivity index (χ2n) is 3.91. The van der Waals surface area contributed by atoms with Crippen LogP contribution in [0.15, 0.2) is 12.1 Å². The molecule has 0 bridgehead atoms. The molecule has 0 saturated carbocycles. The van der Waals surface area contributed by atoms with Gasteiger partial charge in [0, 0.05) is 13.1 Å². The summed E-state index contributed by atoms with van der Waals surface area (Å²) in [4.78, 5) is 37.8. The summed E-state index contributed by atoms with van der Waals surface area (Å²) in [5.41, 5.74) is 0.0224. The van der Waals surface area contributed by atoms with Gasteiger partial charge in [-0.05, 0) is 12.1 Å². The molecule has 8 nitrogen and oxygen atoms in total. The van der Waals surface area contributed by atoms with Crippen molar-refractivity contribution >= 4 is 31.5 Å². The lowest BCUT2D eigenvalue weighted by atomic mass is 10.3. The van der Waals surface area contributed by atoms with Gasteiger partial charge in [0.25, 0.3) is 0 Å². The van der Waals surface area contributed by atoms with Crippen LogP contribution in [0.25, 0.3) is 0 Å². The van der Waals surface area contributed by atoms with Gasteiger partial charge in [0.1, 0.15) is 5.30 Å². The number of phenols is 1. The molecule has 1 aliphatic rings. The molecular formula is C8H11NO7P2. The Balaban J connectivity index is 2.70. The molecule has 2 rings (SSSR count). The highest BCUT2D eigenvalue weighted by atomic mass is 31.2. The van der Waals surface area contributed by atoms with E-state index in [1.807, 2.05) is 0 Å². The second-order valence-corrected chi connectivity index (χ2v) is 7.08. The van der Waals surface area contributed by atoms with Crippen molar-refractivity contribution < 1.29 is 33.8 Å². The van der Waals surface area contributed by atoms with Crippen molar-refractivity contribution in [2.24, 2.45) is 0 Å². The molecular weight excluding hydrogens is 284 g/mol. The summed E-state index contributed by atoms with van der Waals surface area (Å²) in [6, 6.07) is 1.69. The Hall–Kier alpha value is -0.880. The zero-order valence-corrected chi connectivity index (χ0v) is 10.8. The lowest BCUT2D eigenvalue weighted by molar-refractivity contribution is 0.384. The lowest BCUT2D eigenvalue weighted by Gasteiger charge is -2.15. The first kappa shape index (κ1) is 13.5. The summed E-state index contributed by atoms with van der Waals surface area (Å²) >= 11 is 0. The Bertz CT molecular complexity index is 585. The number of rotatable bonds is 3. The molecule has 0 unspecified atom stereocenters. The highest BCUT2D eigenvalue weighted by Crippen LogP contribution is 2.44. The molecule has 1 heterocycles. The Morgan fingerprint density at radius 3 is 1.94 bits per heavy atom. The van der Waals surface area contributed by atoms with Crippen LogP contribution in [0.1, 0.15) is 0 Å². The quantitative estimate of drug-likeness (QED) is 0.347. The zero-order chi connectivity index (χ0) is 13.7. The van der Waals surface area contributed by atoms with Crippen LogP contribution < -0.4 is 15.5 Å². The van der Waals surface area contributed by atoms with Crippen molar-refractivity contribution in [3.05, 3.63) is 12.1 Å². The van der Waals surface area contributed by atoms with Crippen LogP contribution in [0.5, 0.6) is 5.75 Å². The molecule has 0 amide bonds. The largest absolute Gasteiger partial charge is 0.505 e. The number of anilines is 1. The average molecular weight is 295 g/mol. The predicted molar refractivity (Wildman–Crippen MR) is 63.7 cm³/mol. The standard InChI is InChI=1S/C8H11NO7P2/c10-8-6(9-1-2-9)3-5(17(11,12)13)4-7(8)18(14,15)16/h3-4,10H,1-2H2,(H2,11,12,13)(H2,14,15,16). The molecule has 5 N–H and O–H groups in total. The van der Waals surface area contributed by atoms with Gasteiger partial charge in [-0.1, -0.05) is 0 Å². The monoisotopic (exact) mass is 295 g/mol. The third-order valence-electron chi connectivity index (χ3n) is 2.49. The summed E-state index contributed by atoms with van der Waals surface area (Å²) in [5, 5.41) is 8.44. The summed E-state index contributed by atoms with van der Waals surface area (Å²) in [5.74, 6) is -0.641. The SMILES string of the molecule is O=P(O)(O)c1cc(N2CC2)c(O)c(P(=O)(O)O)c1. The van der Waals surface area contributed by atoms with Crippen molar-refractivity contribution in [1.29, 1.82) is 0 Å². The van der Waals surface area contributed by atoms with Gasteiger partial charge in [0.05, 0.1) is 11.0 Å². The number of phenolic OH excluding ortho intramolecular Hbond substituents is 1. The highest BCUT2D eigenvalue weighted by molar-refractivity contribution is 7.62. The van der Waals surface area contributed by atoms with Gasteiger partial charge >= 0.3 is 15.2 Å². The van der Waals surface area contributed by atoms with Crippen LogP contribution in [0.2, 0.25) is 0 Å². The van der Waals surface area contributed by atoms with Gasteiger partial charge in [-0.15, -0.1) is 0 Å². The fourth-order valence-corrected chi connectivity index (χ4v) is 2.90. The van der Waals surface area contributed by atoms with Crippen molar-refractivity contribution in [1.82, 2.24) is 0 Å². The van der Waals surface area contributed by atoms with Crippen molar-refractivity contribution in [3.8, 4) is 5.75 Å². The first-order valence-electron chi connectivity index (χ1n) is 4.85. The van der Waals surface area contributed by atoms with Crippen LogP contribution >= 0.6 is 15.2 Å². The fourth-order valence-electron chi connectivity index (χ4n) is 1.51. The first-order valence-corrected chi connectivity index (χ1v) is 8.07. The summed E-state index contributed by atoms with van der Waals surface area (Å²) < 4.78 is 22.4. The Kier molecular flexibility index (Phi) is 3.06. The van der Waals surface area contributed by atoms with Crippen molar-refractivity contribution in [2.45, 2.75) is 0 Å². The first-order chi connectivity index (χ1) is 8.10. The average Bonchev–Trinajstić information content (AvgIpc) is 2.97. The van der Waals surface area contributed by atoms with E-state index in [1.54, 1.807) is 0 Å². The zero-order valence-electron chi connectivity index (χ0n) is 8.96. The minimum absolute atomic E-state index is 0.0224. The van der Waals surface area contributed by atoms with E-state index < -0.39 is 31.6 Å². The van der Waals surface area contributed by atoms with E-state index in [0.29, 0.717) is 19.2 Å². The van der Waals surface area contributed by atoms with Gasteiger partial charge in [-0.2, -0.15) is 0 Å². The van der Waals surface area contributed by atoms with E-state index in [9.17, 15) is 14.2 Å². The Morgan fingerprint density at radius 1 is 1.00 bits per heavy atom. The molecule has 100 valence electrons. The molecule has 1 aromatic carbocycles. The minimum atomic E-state index is -4.81. The summed E-state index contributed by atoms with van der Waals surface area (Å²) in [6.07, 6.45) is 0. The number of hydrogen-bond donors (Lipinski definition) is 5. The van der Waals surface area contributed by atoms with E-state index in [2.05, 4.69) is 0 Å². The van der Waals surface area contributed by atoms with E-state index >= 15 is 0 Å². The molecule has 0 aromatic heterocycles. The van der Waals surface area contributed by atoms with Crippen LogP contribution in [-0.4, -0.2) is 37.8 Å². The third-order valence-corrected chi connectivity index (χ3v) is 4.39. The van der Waals surface area contributed by atoms with Crippen molar-refractivity contribution in [2.75, 3.05) is 18.0 Å². The van der Waals surface area contributed by atoms with E-state index in [-0.39, 0.29) is 5.69 Å². The number of aromatic hydroxyl groups is 1. The highest BCUT2D eigenvalue weighted by Gasteiger charge is 2.32. The van der Waals surface area contributed by atoms with E-state index in [1.165, 1.54) is 4.90 Å². The van der Waals surface area contributed by atoms with Gasteiger partial charge < -0.3 is 29.6 Å². The van der Waals surface area contributed by atoms with Crippen LogP contribution in [0.3, 0.4) is 0 Å². The van der Waals surface area contributed by atoms with Gasteiger partial charge in [0.15, 0.2) is 5.75 Å². The van der Waals surface area contributed by atoms with E-state index in [0.717, 1.165) is 6.07 Å². The normalized spacial score (nSPS) is 15.9. The van der Waals surface area contributed by atoms with Crippen LogP contribution in [0.4, 0.5) is 5.69 Å². The molecule has 0 atom stereocenters. The molecule has 0 radical (unpaired) electrons. The molecule has 10 heteroatoms. The Morgan fingerprint density at radius 2 is 1.56 bits per heavy atom. The van der Waals surface area contributed by atoms with Gasteiger partial charge in [-0.3, -0.25) is 9.13 Å². The van der Waals surface area contributed by atoms with Gasteiger partial charge in [-0.25, -0.2) is 0 Å². The predicted octanol–water partition coefficient (Wildman–Crippen LogP) is -1.18. The Labute approximate surface area is 102 Å². The van der Waals surface area contributed by atoms with Crippen LogP contribution in [-0.2, 0) is 9.13 Å². The summed E-state index contributed by atoms with van der Waals surface area (Å²) in [7, 11) is -9.47. The number of nitrogens with zero attached hydrogens (tertiary/aromatic N) is 1. The topological polar surface area (TPSA) is 138 Å². The summed E-state index contributed by atoms with van der Waals surface area (Å²) in [6.45, 7) is 1.11. The van der Waals surface area contributed by atoms with Crippen LogP contribution in [0, 0.1) is 0 Å². The number of hydrogen-bond acceptors (Lipinski definition) is 4. The molecule has 18 heavy (non-hydrogen) atoms. The maximum Gasteiger partial charge on any atom is 0.360 e. The maximum atomic E-state index is 11.2. The third kappa shape index (κ3) is 2.59.